The lowest BCUT2D eigenvalue weighted by Crippen LogP contribution is -2.26. The molecule has 0 aromatic carbocycles. The lowest BCUT2D eigenvalue weighted by atomic mass is 10.4. The van der Waals surface area contributed by atoms with Crippen LogP contribution < -0.4 is 5.32 Å². The van der Waals surface area contributed by atoms with E-state index in [1.54, 1.807) is 13.8 Å². The molecule has 0 aliphatic rings. The van der Waals surface area contributed by atoms with Crippen molar-refractivity contribution >= 4 is 17.8 Å². The molecule has 0 saturated heterocycles. The van der Waals surface area contributed by atoms with Crippen molar-refractivity contribution in [1.29, 1.82) is 0 Å². The average Bonchev–Trinajstić information content (AvgIpc) is 2.30. The number of amides is 1. The molecule has 0 bridgehead atoms. The van der Waals surface area contributed by atoms with Gasteiger partial charge in [-0.15, -0.1) is 0 Å². The molecule has 0 rings (SSSR count). The molecule has 1 N–H and O–H groups in total. The van der Waals surface area contributed by atoms with Crippen LogP contribution in [-0.2, 0) is 23.9 Å². The van der Waals surface area contributed by atoms with E-state index in [1.165, 1.54) is 0 Å². The van der Waals surface area contributed by atoms with Gasteiger partial charge in [-0.1, -0.05) is 6.58 Å². The Kier molecular flexibility index (Phi) is 7.92. The number of carbonyl (C=O) groups excluding carboxylic acids is 3. The largest absolute Gasteiger partial charge is 0.461 e. The first kappa shape index (κ1) is 15.9. The molecule has 0 aliphatic carbocycles. The van der Waals surface area contributed by atoms with Crippen LogP contribution in [0.15, 0.2) is 24.8 Å². The maximum Gasteiger partial charge on any atom is 0.331 e. The van der Waals surface area contributed by atoms with Gasteiger partial charge >= 0.3 is 11.9 Å². The molecule has 0 aromatic heterocycles. The summed E-state index contributed by atoms with van der Waals surface area (Å²) in [5, 5.41) is 2.43. The smallest absolute Gasteiger partial charge is 0.331 e. The Morgan fingerprint density at radius 3 is 2.44 bits per heavy atom. The molecular weight excluding hydrogens is 238 g/mol. The highest BCUT2D eigenvalue weighted by molar-refractivity contribution is 5.94. The van der Waals surface area contributed by atoms with E-state index >= 15 is 0 Å². The Bertz CT molecular complexity index is 346. The summed E-state index contributed by atoms with van der Waals surface area (Å²) in [6.45, 7) is 6.84. The van der Waals surface area contributed by atoms with Gasteiger partial charge in [-0.3, -0.25) is 4.79 Å². The van der Waals surface area contributed by atoms with Crippen LogP contribution in [0.4, 0.5) is 0 Å². The third-order valence-corrected chi connectivity index (χ3v) is 1.53. The summed E-state index contributed by atoms with van der Waals surface area (Å²) in [4.78, 5) is 32.9. The predicted octanol–water partition coefficient (Wildman–Crippen LogP) is 0.340. The number of hydrogen-bond acceptors (Lipinski definition) is 5. The SMILES string of the molecule is C=CC(=O)OCCNC(=O)/C=C/C(=O)OC(C)C. The standard InChI is InChI=1S/C12H17NO5/c1-4-11(15)17-8-7-13-10(14)5-6-12(16)18-9(2)3/h4-6,9H,1,7-8H2,2-3H3,(H,13,14)/b6-5+. The number of carbonyl (C=O) groups is 3. The second kappa shape index (κ2) is 8.98. The third kappa shape index (κ3) is 9.14. The van der Waals surface area contributed by atoms with E-state index in [4.69, 9.17) is 4.74 Å². The van der Waals surface area contributed by atoms with E-state index in [2.05, 4.69) is 16.6 Å². The first-order valence-corrected chi connectivity index (χ1v) is 5.41. The van der Waals surface area contributed by atoms with Crippen molar-refractivity contribution in [3.05, 3.63) is 24.8 Å². The highest BCUT2D eigenvalue weighted by Gasteiger charge is 2.02. The maximum atomic E-state index is 11.2. The normalized spacial score (nSPS) is 10.2. The number of nitrogens with one attached hydrogen (secondary N) is 1. The minimum atomic E-state index is -0.585. The first-order chi connectivity index (χ1) is 8.45. The second-order valence-corrected chi connectivity index (χ2v) is 3.48. The van der Waals surface area contributed by atoms with Gasteiger partial charge in [0.15, 0.2) is 0 Å². The Morgan fingerprint density at radius 2 is 1.89 bits per heavy atom. The van der Waals surface area contributed by atoms with E-state index < -0.39 is 17.8 Å². The summed E-state index contributed by atoms with van der Waals surface area (Å²) < 4.78 is 9.42. The summed E-state index contributed by atoms with van der Waals surface area (Å²) in [7, 11) is 0. The third-order valence-electron chi connectivity index (χ3n) is 1.53. The van der Waals surface area contributed by atoms with Crippen molar-refractivity contribution < 1.29 is 23.9 Å². The van der Waals surface area contributed by atoms with E-state index in [9.17, 15) is 14.4 Å². The lowest BCUT2D eigenvalue weighted by Gasteiger charge is -2.04. The molecule has 0 atom stereocenters. The number of ether oxygens (including phenoxy) is 2. The fourth-order valence-electron chi connectivity index (χ4n) is 0.859. The zero-order valence-corrected chi connectivity index (χ0v) is 10.5. The van der Waals surface area contributed by atoms with E-state index in [1.807, 2.05) is 0 Å². The molecule has 0 unspecified atom stereocenters. The van der Waals surface area contributed by atoms with Crippen LogP contribution >= 0.6 is 0 Å². The Labute approximate surface area is 106 Å². The number of esters is 2. The molecule has 0 fully saturated rings. The predicted molar refractivity (Wildman–Crippen MR) is 64.5 cm³/mol. The van der Waals surface area contributed by atoms with E-state index in [-0.39, 0.29) is 19.3 Å². The summed E-state index contributed by atoms with van der Waals surface area (Å²) in [5.41, 5.74) is 0. The Hall–Kier alpha value is -2.11. The second-order valence-electron chi connectivity index (χ2n) is 3.48. The molecule has 0 saturated carbocycles. The van der Waals surface area contributed by atoms with Crippen LogP contribution in [0.3, 0.4) is 0 Å². The molecular formula is C12H17NO5. The molecule has 18 heavy (non-hydrogen) atoms. The summed E-state index contributed by atoms with van der Waals surface area (Å²) in [6.07, 6.45) is 2.89. The van der Waals surface area contributed by atoms with Gasteiger partial charge in [0.25, 0.3) is 0 Å². The van der Waals surface area contributed by atoms with E-state index in [0.29, 0.717) is 0 Å². The highest BCUT2D eigenvalue weighted by atomic mass is 16.5. The molecule has 1 amide bonds. The van der Waals surface area contributed by atoms with Gasteiger partial charge in [0, 0.05) is 18.2 Å². The van der Waals surface area contributed by atoms with Crippen LogP contribution in [0.2, 0.25) is 0 Å². The zero-order valence-electron chi connectivity index (χ0n) is 10.5. The molecule has 0 aromatic rings. The van der Waals surface area contributed by atoms with Crippen molar-refractivity contribution in [3.63, 3.8) is 0 Å². The van der Waals surface area contributed by atoms with Crippen LogP contribution in [0.5, 0.6) is 0 Å². The number of hydrogen-bond donors (Lipinski definition) is 1. The molecule has 6 heteroatoms. The molecule has 6 nitrogen and oxygen atoms in total. The van der Waals surface area contributed by atoms with Gasteiger partial charge in [0.2, 0.25) is 5.91 Å². The summed E-state index contributed by atoms with van der Waals surface area (Å²) in [6, 6.07) is 0. The summed E-state index contributed by atoms with van der Waals surface area (Å²) >= 11 is 0. The lowest BCUT2D eigenvalue weighted by molar-refractivity contribution is -0.141. The van der Waals surface area contributed by atoms with Crippen LogP contribution in [0.1, 0.15) is 13.8 Å². The molecule has 100 valence electrons. The van der Waals surface area contributed by atoms with Crippen LogP contribution in [-0.4, -0.2) is 37.1 Å². The minimum Gasteiger partial charge on any atom is -0.461 e. The minimum absolute atomic E-state index is 0.0425. The van der Waals surface area contributed by atoms with Crippen molar-refractivity contribution in [2.45, 2.75) is 20.0 Å². The fraction of sp³-hybridized carbons (Fsp3) is 0.417. The topological polar surface area (TPSA) is 81.7 Å². The number of rotatable bonds is 7. The summed E-state index contributed by atoms with van der Waals surface area (Å²) in [5.74, 6) is -1.61. The maximum absolute atomic E-state index is 11.2. The Morgan fingerprint density at radius 1 is 1.22 bits per heavy atom. The Balaban J connectivity index is 3.77. The van der Waals surface area contributed by atoms with Gasteiger partial charge < -0.3 is 14.8 Å². The first-order valence-electron chi connectivity index (χ1n) is 5.41. The van der Waals surface area contributed by atoms with Crippen molar-refractivity contribution in [2.24, 2.45) is 0 Å². The molecule has 0 radical (unpaired) electrons. The molecule has 0 heterocycles. The van der Waals surface area contributed by atoms with Gasteiger partial charge in [-0.2, -0.15) is 0 Å². The van der Waals surface area contributed by atoms with Gasteiger partial charge in [-0.25, -0.2) is 9.59 Å². The van der Waals surface area contributed by atoms with Crippen LogP contribution in [0.25, 0.3) is 0 Å². The van der Waals surface area contributed by atoms with Crippen LogP contribution in [0, 0.1) is 0 Å². The fourth-order valence-corrected chi connectivity index (χ4v) is 0.859. The van der Waals surface area contributed by atoms with Gasteiger partial charge in [-0.05, 0) is 13.8 Å². The van der Waals surface area contributed by atoms with E-state index in [0.717, 1.165) is 18.2 Å². The van der Waals surface area contributed by atoms with Gasteiger partial charge in [0.1, 0.15) is 6.61 Å². The van der Waals surface area contributed by atoms with Gasteiger partial charge in [0.05, 0.1) is 12.6 Å². The zero-order chi connectivity index (χ0) is 14.0. The molecule has 0 spiro atoms. The highest BCUT2D eigenvalue weighted by Crippen LogP contribution is 1.90. The van der Waals surface area contributed by atoms with Crippen molar-refractivity contribution in [3.8, 4) is 0 Å². The van der Waals surface area contributed by atoms with Crippen molar-refractivity contribution in [1.82, 2.24) is 5.32 Å². The quantitative estimate of drug-likeness (QED) is 0.403. The monoisotopic (exact) mass is 255 g/mol. The molecule has 0 aliphatic heterocycles. The average molecular weight is 255 g/mol. The van der Waals surface area contributed by atoms with Crippen molar-refractivity contribution in [2.75, 3.05) is 13.2 Å².